The van der Waals surface area contributed by atoms with Crippen molar-refractivity contribution in [2.45, 2.75) is 31.9 Å². The molecule has 1 fully saturated rings. The van der Waals surface area contributed by atoms with Crippen molar-refractivity contribution in [3.63, 3.8) is 0 Å². The highest BCUT2D eigenvalue weighted by molar-refractivity contribution is 7.18. The Morgan fingerprint density at radius 2 is 2.29 bits per heavy atom. The fraction of sp³-hybridized carbons (Fsp3) is 0.438. The van der Waals surface area contributed by atoms with Crippen LogP contribution in [-0.2, 0) is 0 Å². The number of aromatic nitrogens is 3. The Morgan fingerprint density at radius 3 is 3.04 bits per heavy atom. The number of carboxylic acid groups (broad SMARTS) is 1. The van der Waals surface area contributed by atoms with Gasteiger partial charge < -0.3 is 19.7 Å². The van der Waals surface area contributed by atoms with E-state index in [1.165, 1.54) is 4.90 Å². The molecule has 0 bridgehead atoms. The topological polar surface area (TPSA) is 91.5 Å². The van der Waals surface area contributed by atoms with Crippen molar-refractivity contribution in [2.24, 2.45) is 0 Å². The summed E-state index contributed by atoms with van der Waals surface area (Å²) in [4.78, 5) is 21.8. The summed E-state index contributed by atoms with van der Waals surface area (Å²) in [7, 11) is 0. The van der Waals surface area contributed by atoms with Crippen LogP contribution in [0.25, 0.3) is 21.3 Å². The average molecular weight is 346 g/mol. The first kappa shape index (κ1) is 15.3. The molecule has 1 saturated heterocycles. The molecule has 1 aliphatic heterocycles. The van der Waals surface area contributed by atoms with Crippen molar-refractivity contribution in [3.05, 3.63) is 23.5 Å². The van der Waals surface area contributed by atoms with Gasteiger partial charge in [-0.15, -0.1) is 11.3 Å². The molecule has 8 heteroatoms. The van der Waals surface area contributed by atoms with E-state index in [1.54, 1.807) is 24.5 Å². The minimum atomic E-state index is -0.898. The molecule has 0 spiro atoms. The molecule has 1 amide bonds. The lowest BCUT2D eigenvalue weighted by atomic mass is 10.1. The molecular weight excluding hydrogens is 328 g/mol. The summed E-state index contributed by atoms with van der Waals surface area (Å²) in [6, 6.07) is 1.93. The van der Waals surface area contributed by atoms with Gasteiger partial charge in [-0.25, -0.2) is 9.78 Å². The third-order valence-corrected chi connectivity index (χ3v) is 5.47. The molecule has 0 radical (unpaired) electrons. The molecule has 3 aromatic rings. The number of aliphatic hydroxyl groups excluding tert-OH is 1. The third kappa shape index (κ3) is 2.33. The van der Waals surface area contributed by atoms with Crippen LogP contribution in [0.15, 0.2) is 17.6 Å². The first-order valence-corrected chi connectivity index (χ1v) is 8.84. The number of hydrogen-bond acceptors (Lipinski definition) is 5. The summed E-state index contributed by atoms with van der Waals surface area (Å²) < 4.78 is 3.06. The molecule has 2 atom stereocenters. The Kier molecular flexibility index (Phi) is 3.65. The largest absolute Gasteiger partial charge is 0.465 e. The van der Waals surface area contributed by atoms with Gasteiger partial charge in [0.05, 0.1) is 28.0 Å². The van der Waals surface area contributed by atoms with Gasteiger partial charge in [-0.2, -0.15) is 0 Å². The van der Waals surface area contributed by atoms with Crippen molar-refractivity contribution in [1.82, 2.24) is 19.4 Å². The van der Waals surface area contributed by atoms with Crippen LogP contribution >= 0.6 is 11.3 Å². The number of piperidine rings is 1. The molecule has 126 valence electrons. The number of fused-ring (bicyclic) bond motifs is 3. The minimum absolute atomic E-state index is 0.0304. The molecule has 0 aromatic carbocycles. The smallest absolute Gasteiger partial charge is 0.407 e. The zero-order valence-electron chi connectivity index (χ0n) is 13.2. The zero-order chi connectivity index (χ0) is 16.8. The van der Waals surface area contributed by atoms with Crippen LogP contribution in [0.2, 0.25) is 0 Å². The van der Waals surface area contributed by atoms with Gasteiger partial charge in [-0.3, -0.25) is 4.98 Å². The highest BCUT2D eigenvalue weighted by Crippen LogP contribution is 2.35. The predicted octanol–water partition coefficient (Wildman–Crippen LogP) is 3.01. The number of thiophene rings is 1. The quantitative estimate of drug-likeness (QED) is 0.744. The lowest BCUT2D eigenvalue weighted by molar-refractivity contribution is 0.118. The number of imidazole rings is 1. The van der Waals surface area contributed by atoms with E-state index in [-0.39, 0.29) is 6.04 Å². The number of carbonyl (C=O) groups is 1. The van der Waals surface area contributed by atoms with Crippen molar-refractivity contribution in [1.29, 1.82) is 0 Å². The standard InChI is InChI=1S/C16H18N4O3S/c1-9(21)15-18-12-7-17-11-4-6-24-14(11)13(12)20(15)10-3-2-5-19(8-10)16(22)23/h4,6-7,9-10,21H,2-3,5,8H2,1H3,(H,22,23)/t9-,10+/m1/s1. The summed E-state index contributed by atoms with van der Waals surface area (Å²) in [6.45, 7) is 2.66. The van der Waals surface area contributed by atoms with E-state index in [0.717, 1.165) is 34.1 Å². The number of amides is 1. The van der Waals surface area contributed by atoms with Crippen LogP contribution in [0, 0.1) is 0 Å². The Labute approximate surface area is 142 Å². The van der Waals surface area contributed by atoms with E-state index in [4.69, 9.17) is 0 Å². The molecule has 3 aromatic heterocycles. The van der Waals surface area contributed by atoms with E-state index in [2.05, 4.69) is 9.97 Å². The summed E-state index contributed by atoms with van der Waals surface area (Å²) in [5.41, 5.74) is 2.59. The third-order valence-electron chi connectivity index (χ3n) is 4.56. The van der Waals surface area contributed by atoms with Gasteiger partial charge in [-0.1, -0.05) is 0 Å². The summed E-state index contributed by atoms with van der Waals surface area (Å²) in [5.74, 6) is 0.574. The number of likely N-dealkylation sites (tertiary alicyclic amines) is 1. The molecule has 2 N–H and O–H groups in total. The van der Waals surface area contributed by atoms with Gasteiger partial charge in [0.1, 0.15) is 17.4 Å². The van der Waals surface area contributed by atoms with E-state index >= 15 is 0 Å². The second-order valence-electron chi connectivity index (χ2n) is 6.17. The Balaban J connectivity index is 1.93. The number of pyridine rings is 1. The first-order chi connectivity index (χ1) is 11.6. The number of rotatable bonds is 2. The highest BCUT2D eigenvalue weighted by Gasteiger charge is 2.29. The SMILES string of the molecule is C[C@@H](O)c1nc2cnc3ccsc3c2n1[C@H]1CCCN(C(=O)O)C1. The molecule has 4 rings (SSSR count). The Bertz CT molecular complexity index is 917. The molecule has 0 unspecified atom stereocenters. The molecule has 0 aliphatic carbocycles. The predicted molar refractivity (Wildman–Crippen MR) is 91.4 cm³/mol. The van der Waals surface area contributed by atoms with Crippen molar-refractivity contribution in [3.8, 4) is 0 Å². The van der Waals surface area contributed by atoms with Crippen molar-refractivity contribution < 1.29 is 15.0 Å². The lowest BCUT2D eigenvalue weighted by Crippen LogP contribution is -2.40. The lowest BCUT2D eigenvalue weighted by Gasteiger charge is -2.33. The average Bonchev–Trinajstić information content (AvgIpc) is 3.18. The second kappa shape index (κ2) is 5.71. The van der Waals surface area contributed by atoms with E-state index in [0.29, 0.717) is 18.9 Å². The maximum Gasteiger partial charge on any atom is 0.407 e. The number of nitrogens with zero attached hydrogens (tertiary/aromatic N) is 4. The highest BCUT2D eigenvalue weighted by atomic mass is 32.1. The van der Waals surface area contributed by atoms with Crippen LogP contribution in [0.4, 0.5) is 4.79 Å². The normalized spacial score (nSPS) is 19.9. The van der Waals surface area contributed by atoms with Gasteiger partial charge in [0.15, 0.2) is 0 Å². The fourth-order valence-electron chi connectivity index (χ4n) is 3.50. The molecular formula is C16H18N4O3S. The number of aliphatic hydroxyl groups is 1. The summed E-state index contributed by atoms with van der Waals surface area (Å²) >= 11 is 1.59. The van der Waals surface area contributed by atoms with E-state index in [9.17, 15) is 15.0 Å². The van der Waals surface area contributed by atoms with E-state index in [1.807, 2.05) is 16.0 Å². The maximum atomic E-state index is 11.4. The first-order valence-electron chi connectivity index (χ1n) is 7.96. The van der Waals surface area contributed by atoms with E-state index < -0.39 is 12.2 Å². The Morgan fingerprint density at radius 1 is 1.46 bits per heavy atom. The fourth-order valence-corrected chi connectivity index (χ4v) is 4.39. The van der Waals surface area contributed by atoms with Crippen molar-refractivity contribution >= 4 is 38.7 Å². The second-order valence-corrected chi connectivity index (χ2v) is 7.08. The number of hydrogen-bond donors (Lipinski definition) is 2. The minimum Gasteiger partial charge on any atom is -0.465 e. The monoisotopic (exact) mass is 346 g/mol. The van der Waals surface area contributed by atoms with Crippen molar-refractivity contribution in [2.75, 3.05) is 13.1 Å². The van der Waals surface area contributed by atoms with Crippen LogP contribution < -0.4 is 0 Å². The summed E-state index contributed by atoms with van der Waals surface area (Å²) in [6.07, 6.45) is 1.77. The summed E-state index contributed by atoms with van der Waals surface area (Å²) in [5, 5.41) is 21.5. The van der Waals surface area contributed by atoms with Crippen LogP contribution in [-0.4, -0.2) is 48.8 Å². The van der Waals surface area contributed by atoms with Gasteiger partial charge in [0, 0.05) is 13.1 Å². The molecule has 4 heterocycles. The molecule has 24 heavy (non-hydrogen) atoms. The van der Waals surface area contributed by atoms with Crippen LogP contribution in [0.3, 0.4) is 0 Å². The van der Waals surface area contributed by atoms with Crippen LogP contribution in [0.5, 0.6) is 0 Å². The molecule has 0 saturated carbocycles. The van der Waals surface area contributed by atoms with Gasteiger partial charge in [0.25, 0.3) is 0 Å². The zero-order valence-corrected chi connectivity index (χ0v) is 14.0. The maximum absolute atomic E-state index is 11.4. The van der Waals surface area contributed by atoms with Gasteiger partial charge in [0.2, 0.25) is 0 Å². The van der Waals surface area contributed by atoms with Crippen LogP contribution in [0.1, 0.15) is 37.7 Å². The Hall–Kier alpha value is -2.19. The van der Waals surface area contributed by atoms with Gasteiger partial charge in [-0.05, 0) is 31.2 Å². The molecule has 7 nitrogen and oxygen atoms in total. The molecule has 1 aliphatic rings. The van der Waals surface area contributed by atoms with Gasteiger partial charge >= 0.3 is 6.09 Å².